The Morgan fingerprint density at radius 1 is 1.12 bits per heavy atom. The second-order valence-electron chi connectivity index (χ2n) is 8.00. The van der Waals surface area contributed by atoms with Crippen molar-refractivity contribution in [3.8, 4) is 11.4 Å². The number of hydrogen-bond donors (Lipinski definition) is 2. The highest BCUT2D eigenvalue weighted by atomic mass is 19.1. The first-order chi connectivity index (χ1) is 15.9. The molecular weight excluding hydrogens is 419 g/mol. The van der Waals surface area contributed by atoms with Gasteiger partial charge in [0.2, 0.25) is 5.91 Å². The quantitative estimate of drug-likeness (QED) is 0.444. The maximum Gasteiger partial charge on any atom is 0.238 e. The number of likely N-dealkylation sites (N-methyl/N-ethyl adjacent to an activating group) is 1. The number of nitrogens with one attached hydrogen (secondary N) is 2. The molecule has 0 radical (unpaired) electrons. The van der Waals surface area contributed by atoms with E-state index in [-0.39, 0.29) is 24.3 Å². The summed E-state index contributed by atoms with van der Waals surface area (Å²) in [6.45, 7) is 3.89. The van der Waals surface area contributed by atoms with Crippen LogP contribution in [0.25, 0.3) is 11.4 Å². The van der Waals surface area contributed by atoms with Crippen molar-refractivity contribution >= 4 is 11.6 Å². The summed E-state index contributed by atoms with van der Waals surface area (Å²) in [4.78, 5) is 23.6. The summed E-state index contributed by atoms with van der Waals surface area (Å²) in [6.07, 6.45) is 3.45. The van der Waals surface area contributed by atoms with Crippen LogP contribution in [0, 0.1) is 19.7 Å². The Morgan fingerprint density at radius 3 is 2.58 bits per heavy atom. The maximum absolute atomic E-state index is 13.5. The molecular formula is C25H25FN6O. The third-order valence-corrected chi connectivity index (χ3v) is 5.31. The summed E-state index contributed by atoms with van der Waals surface area (Å²) in [5.41, 5.74) is 4.17. The van der Waals surface area contributed by atoms with E-state index in [1.807, 2.05) is 56.1 Å². The first-order valence-electron chi connectivity index (χ1n) is 10.6. The van der Waals surface area contributed by atoms with Crippen molar-refractivity contribution in [1.29, 1.82) is 0 Å². The Bertz CT molecular complexity index is 1240. The van der Waals surface area contributed by atoms with Crippen LogP contribution in [0.4, 0.5) is 10.1 Å². The van der Waals surface area contributed by atoms with Crippen molar-refractivity contribution in [3.63, 3.8) is 0 Å². The van der Waals surface area contributed by atoms with Crippen molar-refractivity contribution in [3.05, 3.63) is 95.3 Å². The van der Waals surface area contributed by atoms with Crippen molar-refractivity contribution in [2.75, 3.05) is 18.9 Å². The fraction of sp³-hybridized carbons (Fsp3) is 0.200. The second kappa shape index (κ2) is 9.70. The monoisotopic (exact) mass is 444 g/mol. The van der Waals surface area contributed by atoms with Crippen molar-refractivity contribution in [2.24, 2.45) is 0 Å². The second-order valence-corrected chi connectivity index (χ2v) is 8.00. The van der Waals surface area contributed by atoms with E-state index in [0.717, 1.165) is 22.3 Å². The maximum atomic E-state index is 13.5. The fourth-order valence-electron chi connectivity index (χ4n) is 3.81. The van der Waals surface area contributed by atoms with Gasteiger partial charge < -0.3 is 5.32 Å². The van der Waals surface area contributed by atoms with Gasteiger partial charge in [0.1, 0.15) is 11.6 Å². The molecule has 0 saturated carbocycles. The van der Waals surface area contributed by atoms with Gasteiger partial charge in [-0.15, -0.1) is 0 Å². The molecule has 1 unspecified atom stereocenters. The number of carbonyl (C=O) groups excluding carboxylic acids is 1. The summed E-state index contributed by atoms with van der Waals surface area (Å²) >= 11 is 0. The minimum absolute atomic E-state index is 0.108. The molecule has 4 aromatic rings. The molecule has 2 aromatic heterocycles. The molecule has 0 aliphatic rings. The van der Waals surface area contributed by atoms with Crippen molar-refractivity contribution in [1.82, 2.24) is 25.1 Å². The van der Waals surface area contributed by atoms with Crippen LogP contribution in [0.1, 0.15) is 28.6 Å². The highest BCUT2D eigenvalue weighted by Gasteiger charge is 2.22. The standard InChI is InChI=1S/C25H25FN6O/c1-16-6-11-21(25-28-17(2)30-31-25)22(13-16)29-23(33)15-32(3)24(19-5-4-12-27-14-19)18-7-9-20(26)10-8-18/h4-14,24H,15H2,1-3H3,(H,29,33)(H,28,30,31). The van der Waals surface area contributed by atoms with Gasteiger partial charge in [0.05, 0.1) is 18.3 Å². The Balaban J connectivity index is 1.57. The molecule has 2 aromatic carbocycles. The first-order valence-corrected chi connectivity index (χ1v) is 10.6. The summed E-state index contributed by atoms with van der Waals surface area (Å²) in [5, 5.41) is 10.1. The minimum Gasteiger partial charge on any atom is -0.324 e. The number of nitrogens with zero attached hydrogens (tertiary/aromatic N) is 4. The molecule has 0 aliphatic carbocycles. The van der Waals surface area contributed by atoms with E-state index in [1.165, 1.54) is 12.1 Å². The predicted octanol–water partition coefficient (Wildman–Crippen LogP) is 4.28. The molecule has 168 valence electrons. The van der Waals surface area contributed by atoms with Crippen LogP contribution in [-0.4, -0.2) is 44.6 Å². The lowest BCUT2D eigenvalue weighted by Gasteiger charge is -2.28. The third kappa shape index (κ3) is 5.30. The molecule has 0 aliphatic heterocycles. The van der Waals surface area contributed by atoms with E-state index in [2.05, 4.69) is 25.5 Å². The van der Waals surface area contributed by atoms with Gasteiger partial charge in [-0.05, 0) is 67.9 Å². The Hall–Kier alpha value is -3.91. The number of rotatable bonds is 7. The van der Waals surface area contributed by atoms with Crippen LogP contribution in [-0.2, 0) is 4.79 Å². The van der Waals surface area contributed by atoms with Crippen LogP contribution in [0.5, 0.6) is 0 Å². The number of anilines is 1. The highest BCUT2D eigenvalue weighted by molar-refractivity contribution is 5.96. The summed E-state index contributed by atoms with van der Waals surface area (Å²) in [5.74, 6) is 0.725. The van der Waals surface area contributed by atoms with E-state index in [4.69, 9.17) is 0 Å². The lowest BCUT2D eigenvalue weighted by molar-refractivity contribution is -0.117. The Morgan fingerprint density at radius 2 is 1.91 bits per heavy atom. The average Bonchev–Trinajstić information content (AvgIpc) is 3.22. The molecule has 8 heteroatoms. The van der Waals surface area contributed by atoms with E-state index in [9.17, 15) is 9.18 Å². The zero-order valence-corrected chi connectivity index (χ0v) is 18.7. The molecule has 2 heterocycles. The molecule has 7 nitrogen and oxygen atoms in total. The topological polar surface area (TPSA) is 86.8 Å². The van der Waals surface area contributed by atoms with Crippen LogP contribution in [0.2, 0.25) is 0 Å². The molecule has 4 rings (SSSR count). The summed E-state index contributed by atoms with van der Waals surface area (Å²) in [7, 11) is 1.86. The number of aromatic nitrogens is 4. The first kappa shape index (κ1) is 22.3. The fourth-order valence-corrected chi connectivity index (χ4v) is 3.81. The lowest BCUT2D eigenvalue weighted by Crippen LogP contribution is -2.34. The zero-order chi connectivity index (χ0) is 23.4. The number of H-pyrrole nitrogens is 1. The zero-order valence-electron chi connectivity index (χ0n) is 18.7. The average molecular weight is 445 g/mol. The number of hydrogen-bond acceptors (Lipinski definition) is 5. The lowest BCUT2D eigenvalue weighted by atomic mass is 9.98. The number of amides is 1. The van der Waals surface area contributed by atoms with Crippen LogP contribution in [0.3, 0.4) is 0 Å². The molecule has 0 spiro atoms. The van der Waals surface area contributed by atoms with Gasteiger partial charge >= 0.3 is 0 Å². The number of benzene rings is 2. The van der Waals surface area contributed by atoms with E-state index in [0.29, 0.717) is 17.3 Å². The van der Waals surface area contributed by atoms with Gasteiger partial charge in [-0.3, -0.25) is 19.8 Å². The smallest absolute Gasteiger partial charge is 0.238 e. The van der Waals surface area contributed by atoms with Gasteiger partial charge in [0.15, 0.2) is 5.82 Å². The SMILES string of the molecule is Cc1ccc(-c2n[nH]c(C)n2)c(NC(=O)CN(C)C(c2ccc(F)cc2)c2cccnc2)c1. The normalized spacial score (nSPS) is 12.0. The molecule has 33 heavy (non-hydrogen) atoms. The molecule has 0 bridgehead atoms. The van der Waals surface area contributed by atoms with Gasteiger partial charge in [0, 0.05) is 18.0 Å². The van der Waals surface area contributed by atoms with Crippen molar-refractivity contribution < 1.29 is 9.18 Å². The Labute approximate surface area is 191 Å². The molecule has 0 saturated heterocycles. The predicted molar refractivity (Wildman–Crippen MR) is 125 cm³/mol. The van der Waals surface area contributed by atoms with Crippen LogP contribution >= 0.6 is 0 Å². The molecule has 2 N–H and O–H groups in total. The van der Waals surface area contributed by atoms with Gasteiger partial charge in [-0.1, -0.05) is 24.3 Å². The number of aryl methyl sites for hydroxylation is 2. The number of carbonyl (C=O) groups is 1. The van der Waals surface area contributed by atoms with Gasteiger partial charge in [-0.25, -0.2) is 9.37 Å². The summed E-state index contributed by atoms with van der Waals surface area (Å²) in [6, 6.07) is 15.6. The molecule has 1 atom stereocenters. The summed E-state index contributed by atoms with van der Waals surface area (Å²) < 4.78 is 13.5. The van der Waals surface area contributed by atoms with E-state index >= 15 is 0 Å². The molecule has 0 fully saturated rings. The van der Waals surface area contributed by atoms with Crippen LogP contribution in [0.15, 0.2) is 67.0 Å². The number of halogens is 1. The third-order valence-electron chi connectivity index (χ3n) is 5.31. The van der Waals surface area contributed by atoms with Gasteiger partial charge in [-0.2, -0.15) is 5.10 Å². The van der Waals surface area contributed by atoms with E-state index in [1.54, 1.807) is 24.5 Å². The Kier molecular flexibility index (Phi) is 6.55. The van der Waals surface area contributed by atoms with Gasteiger partial charge in [0.25, 0.3) is 0 Å². The largest absolute Gasteiger partial charge is 0.324 e. The molecule has 1 amide bonds. The number of aromatic amines is 1. The highest BCUT2D eigenvalue weighted by Crippen LogP contribution is 2.29. The van der Waals surface area contributed by atoms with E-state index < -0.39 is 0 Å². The number of pyridine rings is 1. The minimum atomic E-state index is -0.307. The van der Waals surface area contributed by atoms with Crippen LogP contribution < -0.4 is 5.32 Å². The van der Waals surface area contributed by atoms with Crippen molar-refractivity contribution in [2.45, 2.75) is 19.9 Å².